The minimum absolute atomic E-state index is 0.115. The van der Waals surface area contributed by atoms with Gasteiger partial charge in [0.25, 0.3) is 0 Å². The number of rotatable bonds is 4. The maximum Gasteiger partial charge on any atom is 0.314 e. The smallest absolute Gasteiger partial charge is 0.314 e. The van der Waals surface area contributed by atoms with Gasteiger partial charge < -0.3 is 14.9 Å². The summed E-state index contributed by atoms with van der Waals surface area (Å²) in [5.74, 6) is -0.890. The average molecular weight is 344 g/mol. The summed E-state index contributed by atoms with van der Waals surface area (Å²) < 4.78 is 0. The lowest BCUT2D eigenvalue weighted by atomic mass is 9.81. The highest BCUT2D eigenvalue weighted by Gasteiger charge is 2.62. The molecule has 0 aliphatic carbocycles. The van der Waals surface area contributed by atoms with Crippen LogP contribution in [0, 0.1) is 11.3 Å². The number of aliphatic carboxylic acids is 1. The SMILES string of the molecule is C=CCN1C[C@@]2(C(=O)O)CN(c3ncnc4sccc34)C[C@H]2C1=O. The largest absolute Gasteiger partial charge is 0.481 e. The van der Waals surface area contributed by atoms with Crippen molar-refractivity contribution in [3.63, 3.8) is 0 Å². The molecule has 2 fully saturated rings. The third kappa shape index (κ3) is 1.96. The summed E-state index contributed by atoms with van der Waals surface area (Å²) in [5.41, 5.74) is -1.09. The quantitative estimate of drug-likeness (QED) is 0.840. The zero-order valence-electron chi connectivity index (χ0n) is 12.9. The lowest BCUT2D eigenvalue weighted by Crippen LogP contribution is -2.41. The van der Waals surface area contributed by atoms with Crippen molar-refractivity contribution in [2.24, 2.45) is 11.3 Å². The summed E-state index contributed by atoms with van der Waals surface area (Å²) in [4.78, 5) is 37.6. The van der Waals surface area contributed by atoms with Gasteiger partial charge in [-0.25, -0.2) is 9.97 Å². The number of aromatic nitrogens is 2. The minimum atomic E-state index is -1.09. The average Bonchev–Trinajstić information content (AvgIpc) is 3.23. The second-order valence-corrected chi connectivity index (χ2v) is 7.13. The van der Waals surface area contributed by atoms with Gasteiger partial charge in [0, 0.05) is 26.2 Å². The number of likely N-dealkylation sites (tertiary alicyclic amines) is 1. The summed E-state index contributed by atoms with van der Waals surface area (Å²) in [6, 6.07) is 1.93. The molecule has 2 saturated heterocycles. The highest BCUT2D eigenvalue weighted by molar-refractivity contribution is 7.16. The van der Waals surface area contributed by atoms with E-state index in [0.717, 1.165) is 10.2 Å². The van der Waals surface area contributed by atoms with Crippen LogP contribution in [0.1, 0.15) is 0 Å². The molecule has 2 aromatic rings. The first-order valence-electron chi connectivity index (χ1n) is 7.63. The third-order valence-electron chi connectivity index (χ3n) is 4.94. The van der Waals surface area contributed by atoms with Crippen LogP contribution in [0.15, 0.2) is 30.4 Å². The molecule has 0 saturated carbocycles. The summed E-state index contributed by atoms with van der Waals surface area (Å²) in [5, 5.41) is 12.7. The molecule has 4 rings (SSSR count). The molecule has 8 heteroatoms. The molecule has 2 aromatic heterocycles. The van der Waals surface area contributed by atoms with Crippen molar-refractivity contribution in [2.75, 3.05) is 31.1 Å². The van der Waals surface area contributed by atoms with Crippen LogP contribution in [0.3, 0.4) is 0 Å². The van der Waals surface area contributed by atoms with E-state index < -0.39 is 17.3 Å². The molecule has 0 spiro atoms. The van der Waals surface area contributed by atoms with E-state index in [1.807, 2.05) is 16.3 Å². The van der Waals surface area contributed by atoms with Gasteiger partial charge >= 0.3 is 5.97 Å². The fourth-order valence-electron chi connectivity index (χ4n) is 3.81. The van der Waals surface area contributed by atoms with Crippen molar-refractivity contribution in [1.29, 1.82) is 0 Å². The van der Waals surface area contributed by atoms with Crippen LogP contribution in [0.2, 0.25) is 0 Å². The highest BCUT2D eigenvalue weighted by atomic mass is 32.1. The number of fused-ring (bicyclic) bond motifs is 2. The maximum absolute atomic E-state index is 12.6. The molecule has 0 aromatic carbocycles. The van der Waals surface area contributed by atoms with Gasteiger partial charge in [0.2, 0.25) is 5.91 Å². The maximum atomic E-state index is 12.6. The molecule has 4 heterocycles. The molecule has 24 heavy (non-hydrogen) atoms. The fraction of sp³-hybridized carbons (Fsp3) is 0.375. The first kappa shape index (κ1) is 15.1. The molecule has 1 N–H and O–H groups in total. The van der Waals surface area contributed by atoms with Crippen molar-refractivity contribution >= 4 is 39.2 Å². The van der Waals surface area contributed by atoms with Crippen LogP contribution >= 0.6 is 11.3 Å². The lowest BCUT2D eigenvalue weighted by Gasteiger charge is -2.25. The van der Waals surface area contributed by atoms with E-state index in [1.54, 1.807) is 11.0 Å². The van der Waals surface area contributed by atoms with Gasteiger partial charge in [-0.3, -0.25) is 9.59 Å². The summed E-state index contributed by atoms with van der Waals surface area (Å²) in [7, 11) is 0. The zero-order valence-corrected chi connectivity index (χ0v) is 13.7. The summed E-state index contributed by atoms with van der Waals surface area (Å²) in [6.45, 7) is 4.87. The Morgan fingerprint density at radius 3 is 3.04 bits per heavy atom. The number of carbonyl (C=O) groups is 2. The Labute approximate surface area is 142 Å². The number of thiophene rings is 1. The minimum Gasteiger partial charge on any atom is -0.481 e. The van der Waals surface area contributed by atoms with E-state index in [4.69, 9.17) is 0 Å². The molecule has 0 unspecified atom stereocenters. The Hall–Kier alpha value is -2.48. The molecule has 1 amide bonds. The van der Waals surface area contributed by atoms with E-state index in [0.29, 0.717) is 18.9 Å². The Kier molecular flexibility index (Phi) is 3.31. The van der Waals surface area contributed by atoms with E-state index in [-0.39, 0.29) is 19.0 Å². The predicted octanol–water partition coefficient (Wildman–Crippen LogP) is 1.23. The van der Waals surface area contributed by atoms with Gasteiger partial charge in [0.15, 0.2) is 0 Å². The van der Waals surface area contributed by atoms with Gasteiger partial charge in [0.1, 0.15) is 22.4 Å². The number of anilines is 1. The Balaban J connectivity index is 1.72. The molecule has 0 radical (unpaired) electrons. The Morgan fingerprint density at radius 2 is 2.33 bits per heavy atom. The van der Waals surface area contributed by atoms with Gasteiger partial charge in [0.05, 0.1) is 11.3 Å². The summed E-state index contributed by atoms with van der Waals surface area (Å²) in [6.07, 6.45) is 3.12. The van der Waals surface area contributed by atoms with Crippen molar-refractivity contribution in [1.82, 2.24) is 14.9 Å². The molecule has 124 valence electrons. The van der Waals surface area contributed by atoms with E-state index in [1.165, 1.54) is 17.7 Å². The van der Waals surface area contributed by atoms with E-state index in [9.17, 15) is 14.7 Å². The zero-order chi connectivity index (χ0) is 16.9. The van der Waals surface area contributed by atoms with Gasteiger partial charge in [-0.05, 0) is 11.4 Å². The van der Waals surface area contributed by atoms with Crippen LogP contribution in [0.25, 0.3) is 10.2 Å². The second-order valence-electron chi connectivity index (χ2n) is 6.24. The van der Waals surface area contributed by atoms with Crippen molar-refractivity contribution in [2.45, 2.75) is 0 Å². The topological polar surface area (TPSA) is 86.6 Å². The van der Waals surface area contributed by atoms with Crippen molar-refractivity contribution < 1.29 is 14.7 Å². The molecular formula is C16H16N4O3S. The number of carboxylic acids is 1. The molecule has 7 nitrogen and oxygen atoms in total. The van der Waals surface area contributed by atoms with Crippen LogP contribution in [-0.4, -0.2) is 58.0 Å². The Bertz CT molecular complexity index is 851. The summed E-state index contributed by atoms with van der Waals surface area (Å²) >= 11 is 1.51. The number of nitrogens with zero attached hydrogens (tertiary/aromatic N) is 4. The van der Waals surface area contributed by atoms with Crippen LogP contribution in [0.4, 0.5) is 5.82 Å². The van der Waals surface area contributed by atoms with E-state index >= 15 is 0 Å². The van der Waals surface area contributed by atoms with Crippen molar-refractivity contribution in [3.05, 3.63) is 30.4 Å². The molecule has 2 aliphatic rings. The molecular weight excluding hydrogens is 328 g/mol. The normalized spacial score (nSPS) is 26.2. The second kappa shape index (κ2) is 5.27. The molecule has 2 aliphatic heterocycles. The van der Waals surface area contributed by atoms with Gasteiger partial charge in [-0.1, -0.05) is 6.08 Å². The molecule has 2 atom stereocenters. The monoisotopic (exact) mass is 344 g/mol. The van der Waals surface area contributed by atoms with Crippen LogP contribution < -0.4 is 4.90 Å². The lowest BCUT2D eigenvalue weighted by molar-refractivity contribution is -0.149. The number of hydrogen-bond donors (Lipinski definition) is 1. The molecule has 0 bridgehead atoms. The first-order valence-corrected chi connectivity index (χ1v) is 8.51. The number of hydrogen-bond acceptors (Lipinski definition) is 6. The predicted molar refractivity (Wildman–Crippen MR) is 90.0 cm³/mol. The standard InChI is InChI=1S/C16H16N4O3S/c1-2-4-19-7-16(15(22)23)8-20(6-11(16)14(19)21)12-10-3-5-24-13(10)18-9-17-12/h2-3,5,9,11H,1,4,6-8H2,(H,22,23)/t11-,16+/m0/s1. The van der Waals surface area contributed by atoms with Crippen LogP contribution in [-0.2, 0) is 9.59 Å². The van der Waals surface area contributed by atoms with Crippen molar-refractivity contribution in [3.8, 4) is 0 Å². The highest BCUT2D eigenvalue weighted by Crippen LogP contribution is 2.45. The fourth-order valence-corrected chi connectivity index (χ4v) is 4.54. The number of carboxylic acid groups (broad SMARTS) is 1. The third-order valence-corrected chi connectivity index (χ3v) is 5.76. The van der Waals surface area contributed by atoms with Crippen LogP contribution in [0.5, 0.6) is 0 Å². The number of amides is 1. The number of carbonyl (C=O) groups excluding carboxylic acids is 1. The Morgan fingerprint density at radius 1 is 1.50 bits per heavy atom. The van der Waals surface area contributed by atoms with Gasteiger partial charge in [-0.15, -0.1) is 17.9 Å². The van der Waals surface area contributed by atoms with Gasteiger partial charge in [-0.2, -0.15) is 0 Å². The van der Waals surface area contributed by atoms with E-state index in [2.05, 4.69) is 16.5 Å². The first-order chi connectivity index (χ1) is 11.6.